The fourth-order valence-electron chi connectivity index (χ4n) is 2.39. The van der Waals surface area contributed by atoms with Crippen LogP contribution >= 0.6 is 0 Å². The number of carbonyl (C=O) groups excluding carboxylic acids is 1. The summed E-state index contributed by atoms with van der Waals surface area (Å²) in [5.41, 5.74) is 1.30. The van der Waals surface area contributed by atoms with Crippen molar-refractivity contribution in [3.8, 4) is 5.75 Å². The van der Waals surface area contributed by atoms with Gasteiger partial charge in [0.1, 0.15) is 5.75 Å². The highest BCUT2D eigenvalue weighted by molar-refractivity contribution is 5.96. The third-order valence-corrected chi connectivity index (χ3v) is 3.92. The second kappa shape index (κ2) is 7.17. The molecule has 1 fully saturated rings. The fraction of sp³-hybridized carbons (Fsp3) is 0.263. The Morgan fingerprint density at radius 3 is 2.46 bits per heavy atom. The molecule has 0 aliphatic heterocycles. The number of carbonyl (C=O) groups is 2. The molecule has 1 aliphatic carbocycles. The van der Waals surface area contributed by atoms with Crippen LogP contribution in [0.25, 0.3) is 0 Å². The first-order valence-electron chi connectivity index (χ1n) is 7.96. The minimum absolute atomic E-state index is 0.0163. The highest BCUT2D eigenvalue weighted by Gasteiger charge is 2.21. The van der Waals surface area contributed by atoms with Gasteiger partial charge in [0, 0.05) is 5.69 Å². The Hall–Kier alpha value is -2.82. The van der Waals surface area contributed by atoms with Crippen LogP contribution < -0.4 is 10.1 Å². The number of amides is 1. The number of nitrogens with one attached hydrogen (secondary N) is 1. The molecule has 3 rings (SSSR count). The van der Waals surface area contributed by atoms with Crippen LogP contribution in [0.5, 0.6) is 5.75 Å². The van der Waals surface area contributed by atoms with Crippen LogP contribution in [0.4, 0.5) is 5.69 Å². The molecule has 0 atom stereocenters. The summed E-state index contributed by atoms with van der Waals surface area (Å²) in [6.45, 7) is 0.748. The van der Waals surface area contributed by atoms with Gasteiger partial charge in [0.15, 0.2) is 0 Å². The second-order valence-corrected chi connectivity index (χ2v) is 5.97. The van der Waals surface area contributed by atoms with Crippen molar-refractivity contribution in [3.05, 3.63) is 59.7 Å². The Morgan fingerprint density at radius 2 is 1.79 bits per heavy atom. The highest BCUT2D eigenvalue weighted by Crippen LogP contribution is 2.29. The monoisotopic (exact) mass is 325 g/mol. The maximum absolute atomic E-state index is 12.1. The number of rotatable bonds is 7. The van der Waals surface area contributed by atoms with Crippen molar-refractivity contribution < 1.29 is 19.4 Å². The molecule has 0 radical (unpaired) electrons. The average molecular weight is 325 g/mol. The van der Waals surface area contributed by atoms with Crippen LogP contribution in [0.15, 0.2) is 48.5 Å². The van der Waals surface area contributed by atoms with E-state index in [1.54, 1.807) is 30.3 Å². The maximum atomic E-state index is 12.1. The summed E-state index contributed by atoms with van der Waals surface area (Å²) in [6, 6.07) is 13.7. The molecule has 24 heavy (non-hydrogen) atoms. The van der Waals surface area contributed by atoms with Gasteiger partial charge in [-0.15, -0.1) is 0 Å². The highest BCUT2D eigenvalue weighted by atomic mass is 16.5. The van der Waals surface area contributed by atoms with E-state index in [2.05, 4.69) is 5.32 Å². The Bertz CT molecular complexity index is 735. The number of hydrogen-bond acceptors (Lipinski definition) is 3. The van der Waals surface area contributed by atoms with E-state index in [4.69, 9.17) is 9.84 Å². The lowest BCUT2D eigenvalue weighted by Crippen LogP contribution is -2.16. The van der Waals surface area contributed by atoms with E-state index in [0.717, 1.165) is 12.4 Å². The fourth-order valence-corrected chi connectivity index (χ4v) is 2.39. The Kier molecular flexibility index (Phi) is 4.79. The molecule has 1 saturated carbocycles. The quantitative estimate of drug-likeness (QED) is 0.818. The third-order valence-electron chi connectivity index (χ3n) is 3.92. The Morgan fingerprint density at radius 1 is 1.08 bits per heavy atom. The number of carboxylic acids is 1. The van der Waals surface area contributed by atoms with E-state index in [1.165, 1.54) is 18.9 Å². The van der Waals surface area contributed by atoms with Gasteiger partial charge in [-0.05, 0) is 54.7 Å². The van der Waals surface area contributed by atoms with Gasteiger partial charge in [-0.3, -0.25) is 4.79 Å². The van der Waals surface area contributed by atoms with Crippen LogP contribution in [-0.4, -0.2) is 23.6 Å². The molecule has 5 heteroatoms. The van der Waals surface area contributed by atoms with Crippen LogP contribution in [0.2, 0.25) is 0 Å². The molecule has 2 N–H and O–H groups in total. The third kappa shape index (κ3) is 4.35. The predicted octanol–water partition coefficient (Wildman–Crippen LogP) is 3.35. The van der Waals surface area contributed by atoms with Crippen molar-refractivity contribution in [3.63, 3.8) is 0 Å². The second-order valence-electron chi connectivity index (χ2n) is 5.97. The summed E-state index contributed by atoms with van der Waals surface area (Å²) in [5, 5.41) is 11.9. The molecule has 2 aromatic carbocycles. The van der Waals surface area contributed by atoms with Gasteiger partial charge in [-0.1, -0.05) is 18.2 Å². The molecule has 0 unspecified atom stereocenters. The smallest absolute Gasteiger partial charge is 0.335 e. The van der Waals surface area contributed by atoms with Gasteiger partial charge < -0.3 is 15.2 Å². The zero-order chi connectivity index (χ0) is 16.9. The molecule has 0 aromatic heterocycles. The van der Waals surface area contributed by atoms with Gasteiger partial charge in [-0.25, -0.2) is 4.79 Å². The van der Waals surface area contributed by atoms with Gasteiger partial charge in [-0.2, -0.15) is 0 Å². The first-order chi connectivity index (χ1) is 11.6. The molecular weight excluding hydrogens is 306 g/mol. The number of hydrogen-bond donors (Lipinski definition) is 2. The standard InChI is InChI=1S/C19H19NO4/c21-18(11-14-3-1-2-4-17(14)19(22)23)20-15-7-9-16(10-8-15)24-12-13-5-6-13/h1-4,7-10,13H,5-6,11-12H2,(H,20,21)(H,22,23). The van der Waals surface area contributed by atoms with E-state index >= 15 is 0 Å². The molecule has 0 bridgehead atoms. The first kappa shape index (κ1) is 16.1. The predicted molar refractivity (Wildman–Crippen MR) is 90.4 cm³/mol. The van der Waals surface area contributed by atoms with E-state index < -0.39 is 5.97 Å². The molecule has 1 amide bonds. The summed E-state index contributed by atoms with van der Waals surface area (Å²) in [6.07, 6.45) is 2.50. The topological polar surface area (TPSA) is 75.6 Å². The van der Waals surface area contributed by atoms with Crippen molar-refractivity contribution in [1.29, 1.82) is 0 Å². The lowest BCUT2D eigenvalue weighted by atomic mass is 10.0. The Balaban J connectivity index is 1.57. The minimum atomic E-state index is -1.03. The van der Waals surface area contributed by atoms with Gasteiger partial charge in [0.2, 0.25) is 5.91 Å². The van der Waals surface area contributed by atoms with Crippen molar-refractivity contribution in [2.24, 2.45) is 5.92 Å². The van der Waals surface area contributed by atoms with Crippen LogP contribution in [0, 0.1) is 5.92 Å². The number of anilines is 1. The average Bonchev–Trinajstić information content (AvgIpc) is 3.39. The maximum Gasteiger partial charge on any atom is 0.335 e. The van der Waals surface area contributed by atoms with Gasteiger partial charge in [0.25, 0.3) is 0 Å². The lowest BCUT2D eigenvalue weighted by molar-refractivity contribution is -0.115. The van der Waals surface area contributed by atoms with E-state index in [-0.39, 0.29) is 17.9 Å². The number of carboxylic acid groups (broad SMARTS) is 1. The molecule has 2 aromatic rings. The molecular formula is C19H19NO4. The zero-order valence-electron chi connectivity index (χ0n) is 13.2. The van der Waals surface area contributed by atoms with Crippen molar-refractivity contribution in [2.45, 2.75) is 19.3 Å². The van der Waals surface area contributed by atoms with Crippen LogP contribution in [-0.2, 0) is 11.2 Å². The van der Waals surface area contributed by atoms with Gasteiger partial charge in [0.05, 0.1) is 18.6 Å². The summed E-state index contributed by atoms with van der Waals surface area (Å²) in [5.74, 6) is 0.195. The Labute approximate surface area is 140 Å². The van der Waals surface area contributed by atoms with E-state index in [0.29, 0.717) is 17.2 Å². The van der Waals surface area contributed by atoms with Crippen molar-refractivity contribution in [2.75, 3.05) is 11.9 Å². The minimum Gasteiger partial charge on any atom is -0.493 e. The summed E-state index contributed by atoms with van der Waals surface area (Å²) < 4.78 is 5.65. The summed E-state index contributed by atoms with van der Waals surface area (Å²) in [4.78, 5) is 23.3. The van der Waals surface area contributed by atoms with Crippen molar-refractivity contribution >= 4 is 17.6 Å². The molecule has 5 nitrogen and oxygen atoms in total. The molecule has 0 saturated heterocycles. The van der Waals surface area contributed by atoms with E-state index in [9.17, 15) is 9.59 Å². The summed E-state index contributed by atoms with van der Waals surface area (Å²) in [7, 11) is 0. The molecule has 1 aliphatic rings. The summed E-state index contributed by atoms with van der Waals surface area (Å²) >= 11 is 0. The van der Waals surface area contributed by atoms with E-state index in [1.807, 2.05) is 12.1 Å². The van der Waals surface area contributed by atoms with Crippen molar-refractivity contribution in [1.82, 2.24) is 0 Å². The number of benzene rings is 2. The van der Waals surface area contributed by atoms with Gasteiger partial charge >= 0.3 is 5.97 Å². The lowest BCUT2D eigenvalue weighted by Gasteiger charge is -2.09. The molecule has 124 valence electrons. The zero-order valence-corrected chi connectivity index (χ0v) is 13.2. The van der Waals surface area contributed by atoms with Crippen LogP contribution in [0.1, 0.15) is 28.8 Å². The first-order valence-corrected chi connectivity index (χ1v) is 7.96. The molecule has 0 spiro atoms. The normalized spacial score (nSPS) is 13.3. The van der Waals surface area contributed by atoms with Crippen LogP contribution in [0.3, 0.4) is 0 Å². The molecule has 0 heterocycles. The number of aromatic carboxylic acids is 1. The largest absolute Gasteiger partial charge is 0.493 e. The number of ether oxygens (including phenoxy) is 1. The SMILES string of the molecule is O=C(Cc1ccccc1C(=O)O)Nc1ccc(OCC2CC2)cc1.